The Kier molecular flexibility index (Phi) is 8.57. The molecule has 0 radical (unpaired) electrons. The van der Waals surface area contributed by atoms with Gasteiger partial charge in [0.25, 0.3) is 0 Å². The van der Waals surface area contributed by atoms with Gasteiger partial charge in [-0.3, -0.25) is 0 Å². The van der Waals surface area contributed by atoms with E-state index in [4.69, 9.17) is 35.5 Å². The van der Waals surface area contributed by atoms with Gasteiger partial charge in [0.15, 0.2) is 0 Å². The molecule has 0 aliphatic carbocycles. The maximum atomic E-state index is 10.4. The average Bonchev–Trinajstić information content (AvgIpc) is 2.40. The van der Waals surface area contributed by atoms with Gasteiger partial charge in [0.2, 0.25) is 0 Å². The third-order valence-corrected chi connectivity index (χ3v) is 2.95. The standard InChI is InChI=1S/2C7H6O2S.Fe/c2*8-7(9)5-3-1-2-4-6(5)10;/h2*1-4,10H,(H,8,9);/q;;+2/p-2. The van der Waals surface area contributed by atoms with Crippen LogP contribution in [0.3, 0.4) is 0 Å². The molecule has 0 bridgehead atoms. The first-order chi connectivity index (χ1) is 9.43. The van der Waals surface area contributed by atoms with Gasteiger partial charge in [-0.05, 0) is 12.1 Å². The number of hydrogen-bond acceptors (Lipinski definition) is 4. The maximum Gasteiger partial charge on any atom is 2.00 e. The van der Waals surface area contributed by atoms with E-state index in [1.54, 1.807) is 36.4 Å². The van der Waals surface area contributed by atoms with Crippen molar-refractivity contribution in [1.29, 1.82) is 0 Å². The summed E-state index contributed by atoms with van der Waals surface area (Å²) in [5.74, 6) is -1.93. The van der Waals surface area contributed by atoms with Crippen molar-refractivity contribution in [3.63, 3.8) is 0 Å². The van der Waals surface area contributed by atoms with Crippen molar-refractivity contribution < 1.29 is 36.9 Å². The molecule has 0 heterocycles. The summed E-state index contributed by atoms with van der Waals surface area (Å²) in [5.41, 5.74) is 0.384. The molecule has 2 rings (SSSR count). The van der Waals surface area contributed by atoms with Gasteiger partial charge in [-0.15, -0.1) is 0 Å². The Hall–Kier alpha value is -1.66. The van der Waals surface area contributed by atoms with Gasteiger partial charge in [-0.25, -0.2) is 9.59 Å². The molecule has 0 fully saturated rings. The van der Waals surface area contributed by atoms with Crippen LogP contribution in [-0.2, 0) is 42.3 Å². The van der Waals surface area contributed by atoms with Crippen LogP contribution in [-0.4, -0.2) is 22.2 Å². The van der Waals surface area contributed by atoms with E-state index in [1.165, 1.54) is 12.1 Å². The van der Waals surface area contributed by atoms with E-state index in [9.17, 15) is 9.59 Å². The smallest absolute Gasteiger partial charge is 0.779 e. The Bertz CT molecular complexity index is 576. The van der Waals surface area contributed by atoms with E-state index in [-0.39, 0.29) is 28.2 Å². The normalized spacial score (nSPS) is 8.76. The minimum Gasteiger partial charge on any atom is -0.779 e. The topological polar surface area (TPSA) is 74.6 Å². The number of aromatic carboxylic acids is 2. The number of carboxylic acid groups (broad SMARTS) is 2. The second-order valence-corrected chi connectivity index (χ2v) is 4.48. The molecule has 4 nitrogen and oxygen atoms in total. The van der Waals surface area contributed by atoms with Crippen LogP contribution in [0, 0.1) is 0 Å². The third kappa shape index (κ3) is 6.10. The Balaban J connectivity index is 0.000000364. The molecular weight excluding hydrogens is 352 g/mol. The minimum absolute atomic E-state index is 0. The van der Waals surface area contributed by atoms with Gasteiger partial charge in [0, 0.05) is 11.1 Å². The predicted octanol–water partition coefficient (Wildman–Crippen LogP) is 2.58. The zero-order valence-corrected chi connectivity index (χ0v) is 13.2. The summed E-state index contributed by atoms with van der Waals surface area (Å²) >= 11 is 9.49. The van der Waals surface area contributed by atoms with Crippen molar-refractivity contribution >= 4 is 37.2 Å². The zero-order valence-electron chi connectivity index (χ0n) is 10.5. The fourth-order valence-corrected chi connectivity index (χ4v) is 1.75. The molecule has 0 saturated carbocycles. The second kappa shape index (κ2) is 9.31. The van der Waals surface area contributed by atoms with Gasteiger partial charge in [0.1, 0.15) is 0 Å². The largest absolute Gasteiger partial charge is 2.00 e. The van der Waals surface area contributed by atoms with E-state index in [0.29, 0.717) is 9.79 Å². The quantitative estimate of drug-likeness (QED) is 0.632. The maximum absolute atomic E-state index is 10.4. The van der Waals surface area contributed by atoms with Crippen LogP contribution >= 0.6 is 0 Å². The first kappa shape index (κ1) is 19.3. The molecule has 0 atom stereocenters. The molecule has 2 aromatic carbocycles. The van der Waals surface area contributed by atoms with E-state index < -0.39 is 11.9 Å². The van der Waals surface area contributed by atoms with Crippen LogP contribution in [0.1, 0.15) is 20.7 Å². The van der Waals surface area contributed by atoms with Crippen LogP contribution in [0.5, 0.6) is 0 Å². The summed E-state index contributed by atoms with van der Waals surface area (Å²) in [6.45, 7) is 0. The number of carbonyl (C=O) groups is 2. The Morgan fingerprint density at radius 2 is 1.00 bits per heavy atom. The monoisotopic (exact) mass is 362 g/mol. The van der Waals surface area contributed by atoms with Gasteiger partial charge in [0.05, 0.1) is 0 Å². The third-order valence-electron chi connectivity index (χ3n) is 2.23. The molecular formula is C14H10FeO4S2. The van der Waals surface area contributed by atoms with Crippen molar-refractivity contribution in [1.82, 2.24) is 0 Å². The molecule has 2 aromatic rings. The van der Waals surface area contributed by atoms with Crippen LogP contribution in [0.4, 0.5) is 0 Å². The van der Waals surface area contributed by atoms with Crippen LogP contribution < -0.4 is 0 Å². The number of carboxylic acids is 2. The Labute approximate surface area is 143 Å². The molecule has 0 saturated heterocycles. The predicted molar refractivity (Wildman–Crippen MR) is 78.1 cm³/mol. The number of benzene rings is 2. The van der Waals surface area contributed by atoms with Crippen molar-refractivity contribution in [2.45, 2.75) is 9.79 Å². The summed E-state index contributed by atoms with van der Waals surface area (Å²) in [5, 5.41) is 17.0. The molecule has 0 aromatic heterocycles. The SMILES string of the molecule is O=C(O)c1ccccc1[S-].O=C(O)c1ccccc1[S-].[Fe+2]. The fraction of sp³-hybridized carbons (Fsp3) is 0. The molecule has 0 aliphatic rings. The molecule has 0 amide bonds. The van der Waals surface area contributed by atoms with Gasteiger partial charge >= 0.3 is 29.0 Å². The van der Waals surface area contributed by atoms with Crippen LogP contribution in [0.15, 0.2) is 58.3 Å². The van der Waals surface area contributed by atoms with Gasteiger partial charge in [-0.2, -0.15) is 9.79 Å². The zero-order chi connectivity index (χ0) is 15.1. The summed E-state index contributed by atoms with van der Waals surface area (Å²) in [6.07, 6.45) is 0. The van der Waals surface area contributed by atoms with Crippen molar-refractivity contribution in [3.05, 3.63) is 59.7 Å². The van der Waals surface area contributed by atoms with E-state index in [0.717, 1.165) is 0 Å². The van der Waals surface area contributed by atoms with E-state index in [2.05, 4.69) is 0 Å². The van der Waals surface area contributed by atoms with Crippen molar-refractivity contribution in [2.75, 3.05) is 0 Å². The van der Waals surface area contributed by atoms with Crippen molar-refractivity contribution in [2.24, 2.45) is 0 Å². The average molecular weight is 362 g/mol. The minimum atomic E-state index is -0.967. The molecule has 21 heavy (non-hydrogen) atoms. The summed E-state index contributed by atoms with van der Waals surface area (Å²) in [4.78, 5) is 21.5. The second-order valence-electron chi connectivity index (χ2n) is 3.60. The number of rotatable bonds is 2. The molecule has 7 heteroatoms. The Morgan fingerprint density at radius 1 is 0.714 bits per heavy atom. The first-order valence-corrected chi connectivity index (χ1v) is 6.23. The molecule has 110 valence electrons. The summed E-state index contributed by atoms with van der Waals surface area (Å²) in [7, 11) is 0. The molecule has 0 spiro atoms. The summed E-state index contributed by atoms with van der Waals surface area (Å²) in [6, 6.07) is 12.9. The van der Waals surface area contributed by atoms with E-state index in [1.807, 2.05) is 0 Å². The Morgan fingerprint density at radius 3 is 1.19 bits per heavy atom. The molecule has 2 N–H and O–H groups in total. The van der Waals surface area contributed by atoms with Crippen molar-refractivity contribution in [3.8, 4) is 0 Å². The molecule has 0 unspecified atom stereocenters. The van der Waals surface area contributed by atoms with E-state index >= 15 is 0 Å². The van der Waals surface area contributed by atoms with Gasteiger partial charge in [-0.1, -0.05) is 36.4 Å². The summed E-state index contributed by atoms with van der Waals surface area (Å²) < 4.78 is 0. The van der Waals surface area contributed by atoms with Crippen LogP contribution in [0.2, 0.25) is 0 Å². The fourth-order valence-electron chi connectivity index (χ4n) is 1.29. The molecule has 0 aliphatic heterocycles. The first-order valence-electron chi connectivity index (χ1n) is 5.42. The number of hydrogen-bond donors (Lipinski definition) is 2. The van der Waals surface area contributed by atoms with Gasteiger partial charge < -0.3 is 35.5 Å². The van der Waals surface area contributed by atoms with Crippen LogP contribution in [0.25, 0.3) is 0 Å².